The summed E-state index contributed by atoms with van der Waals surface area (Å²) in [6, 6.07) is 1.94. The summed E-state index contributed by atoms with van der Waals surface area (Å²) in [6.45, 7) is 3.00. The van der Waals surface area contributed by atoms with Crippen molar-refractivity contribution in [1.29, 1.82) is 0 Å². The smallest absolute Gasteiger partial charge is 0.323 e. The van der Waals surface area contributed by atoms with Gasteiger partial charge in [-0.3, -0.25) is 4.79 Å². The van der Waals surface area contributed by atoms with Gasteiger partial charge in [-0.2, -0.15) is 0 Å². The van der Waals surface area contributed by atoms with Crippen LogP contribution >= 0.6 is 34.8 Å². The van der Waals surface area contributed by atoms with Crippen LogP contribution in [0, 0.1) is 0 Å². The topological polar surface area (TPSA) is 69.6 Å². The molecule has 1 aromatic carbocycles. The molecule has 2 amide bonds. The lowest BCUT2D eigenvalue weighted by Crippen LogP contribution is -2.43. The van der Waals surface area contributed by atoms with Crippen LogP contribution in [0.1, 0.15) is 13.8 Å². The van der Waals surface area contributed by atoms with Crippen LogP contribution in [0.5, 0.6) is 0 Å². The number of urea groups is 1. The Bertz CT molecular complexity index is 535. The molecule has 2 N–H and O–H groups in total. The molecular weight excluding hydrogens is 327 g/mol. The van der Waals surface area contributed by atoms with Gasteiger partial charge in [0, 0.05) is 6.04 Å². The summed E-state index contributed by atoms with van der Waals surface area (Å²) in [7, 11) is 0. The quantitative estimate of drug-likeness (QED) is 0.815. The molecule has 1 rings (SSSR count). The molecular formula is C12H13Cl3N2O3. The molecule has 5 nitrogen and oxygen atoms in total. The number of carbonyl (C=O) groups is 2. The van der Waals surface area contributed by atoms with Crippen molar-refractivity contribution < 1.29 is 14.7 Å². The predicted octanol–water partition coefficient (Wildman–Crippen LogP) is 3.97. The molecule has 0 radical (unpaired) electrons. The number of carboxylic acid groups (broad SMARTS) is 1. The predicted molar refractivity (Wildman–Crippen MR) is 80.0 cm³/mol. The van der Waals surface area contributed by atoms with Gasteiger partial charge in [0.15, 0.2) is 0 Å². The number of carbonyl (C=O) groups excluding carboxylic acids is 1. The number of rotatable bonds is 4. The van der Waals surface area contributed by atoms with Gasteiger partial charge in [0.05, 0.1) is 20.8 Å². The molecule has 0 atom stereocenters. The first-order valence-electron chi connectivity index (χ1n) is 5.66. The van der Waals surface area contributed by atoms with E-state index in [4.69, 9.17) is 39.9 Å². The lowest BCUT2D eigenvalue weighted by atomic mass is 10.3. The highest BCUT2D eigenvalue weighted by molar-refractivity contribution is 6.44. The van der Waals surface area contributed by atoms with Crippen LogP contribution in [0.2, 0.25) is 15.1 Å². The molecule has 0 heterocycles. The first-order chi connectivity index (χ1) is 9.22. The number of amides is 2. The highest BCUT2D eigenvalue weighted by atomic mass is 35.5. The molecule has 0 saturated heterocycles. The van der Waals surface area contributed by atoms with Crippen molar-refractivity contribution in [2.45, 2.75) is 19.9 Å². The maximum Gasteiger partial charge on any atom is 0.323 e. The molecule has 0 aliphatic heterocycles. The summed E-state index contributed by atoms with van der Waals surface area (Å²) >= 11 is 17.6. The van der Waals surface area contributed by atoms with E-state index < -0.39 is 18.5 Å². The maximum atomic E-state index is 12.1. The molecule has 0 spiro atoms. The van der Waals surface area contributed by atoms with Crippen LogP contribution in [0.25, 0.3) is 0 Å². The van der Waals surface area contributed by atoms with E-state index in [2.05, 4.69) is 5.32 Å². The highest BCUT2D eigenvalue weighted by Crippen LogP contribution is 2.32. The summed E-state index contributed by atoms with van der Waals surface area (Å²) in [4.78, 5) is 24.0. The molecule has 0 saturated carbocycles. The SMILES string of the molecule is CC(C)N(CC(=O)O)C(=O)Nc1cc(Cl)c(Cl)cc1Cl. The second-order valence-electron chi connectivity index (χ2n) is 4.29. The van der Waals surface area contributed by atoms with Gasteiger partial charge in [0.1, 0.15) is 6.54 Å². The molecule has 20 heavy (non-hydrogen) atoms. The summed E-state index contributed by atoms with van der Waals surface area (Å²) < 4.78 is 0. The van der Waals surface area contributed by atoms with Crippen LogP contribution in [0.3, 0.4) is 0 Å². The van der Waals surface area contributed by atoms with E-state index in [9.17, 15) is 9.59 Å². The Kier molecular flexibility index (Phi) is 5.92. The Hall–Kier alpha value is -1.17. The van der Waals surface area contributed by atoms with Crippen molar-refractivity contribution in [3.8, 4) is 0 Å². The Morgan fingerprint density at radius 1 is 1.20 bits per heavy atom. The van der Waals surface area contributed by atoms with E-state index in [1.807, 2.05) is 0 Å². The van der Waals surface area contributed by atoms with E-state index >= 15 is 0 Å². The fourth-order valence-corrected chi connectivity index (χ4v) is 2.03. The van der Waals surface area contributed by atoms with Gasteiger partial charge in [-0.1, -0.05) is 34.8 Å². The number of hydrogen-bond acceptors (Lipinski definition) is 2. The summed E-state index contributed by atoms with van der Waals surface area (Å²) in [6.07, 6.45) is 0. The third-order valence-corrected chi connectivity index (χ3v) is 3.48. The number of anilines is 1. The third-order valence-electron chi connectivity index (χ3n) is 2.44. The molecule has 0 aliphatic rings. The Balaban J connectivity index is 2.93. The maximum absolute atomic E-state index is 12.1. The van der Waals surface area contributed by atoms with Gasteiger partial charge in [0.25, 0.3) is 0 Å². The minimum atomic E-state index is -1.10. The zero-order valence-corrected chi connectivity index (χ0v) is 13.1. The van der Waals surface area contributed by atoms with E-state index in [-0.39, 0.29) is 26.8 Å². The van der Waals surface area contributed by atoms with Gasteiger partial charge in [-0.15, -0.1) is 0 Å². The molecule has 0 aromatic heterocycles. The van der Waals surface area contributed by atoms with Crippen LogP contribution in [0.15, 0.2) is 12.1 Å². The highest BCUT2D eigenvalue weighted by Gasteiger charge is 2.21. The standard InChI is InChI=1S/C12H13Cl3N2O3/c1-6(2)17(5-11(18)19)12(20)16-10-4-8(14)7(13)3-9(10)15/h3-4,6H,5H2,1-2H3,(H,16,20)(H,18,19). The molecule has 1 aromatic rings. The third kappa shape index (κ3) is 4.44. The Labute approximate surface area is 131 Å². The molecule has 0 fully saturated rings. The van der Waals surface area contributed by atoms with Crippen LogP contribution < -0.4 is 5.32 Å². The lowest BCUT2D eigenvalue weighted by Gasteiger charge is -2.25. The molecule has 0 unspecified atom stereocenters. The fraction of sp³-hybridized carbons (Fsp3) is 0.333. The van der Waals surface area contributed by atoms with Gasteiger partial charge in [0.2, 0.25) is 0 Å². The number of halogens is 3. The normalized spacial score (nSPS) is 10.5. The largest absolute Gasteiger partial charge is 0.480 e. The fourth-order valence-electron chi connectivity index (χ4n) is 1.44. The van der Waals surface area contributed by atoms with E-state index in [0.29, 0.717) is 0 Å². The van der Waals surface area contributed by atoms with Crippen molar-refractivity contribution in [3.63, 3.8) is 0 Å². The van der Waals surface area contributed by atoms with Crippen molar-refractivity contribution in [3.05, 3.63) is 27.2 Å². The second-order valence-corrected chi connectivity index (χ2v) is 5.51. The van der Waals surface area contributed by atoms with Crippen LogP contribution in [0.4, 0.5) is 10.5 Å². The van der Waals surface area contributed by atoms with E-state index in [0.717, 1.165) is 4.90 Å². The van der Waals surface area contributed by atoms with E-state index in [1.54, 1.807) is 13.8 Å². The van der Waals surface area contributed by atoms with Crippen LogP contribution in [-0.4, -0.2) is 34.6 Å². The first kappa shape index (κ1) is 16.9. The molecule has 110 valence electrons. The van der Waals surface area contributed by atoms with Gasteiger partial charge < -0.3 is 15.3 Å². The number of nitrogens with zero attached hydrogens (tertiary/aromatic N) is 1. The van der Waals surface area contributed by atoms with Crippen molar-refractivity contribution in [2.24, 2.45) is 0 Å². The summed E-state index contributed by atoms with van der Waals surface area (Å²) in [5.41, 5.74) is 0.266. The van der Waals surface area contributed by atoms with Gasteiger partial charge in [-0.25, -0.2) is 4.79 Å². The lowest BCUT2D eigenvalue weighted by molar-refractivity contribution is -0.137. The minimum Gasteiger partial charge on any atom is -0.480 e. The summed E-state index contributed by atoms with van der Waals surface area (Å²) in [5, 5.41) is 12.0. The number of benzene rings is 1. The monoisotopic (exact) mass is 338 g/mol. The zero-order chi connectivity index (χ0) is 15.4. The second kappa shape index (κ2) is 7.02. The zero-order valence-electron chi connectivity index (χ0n) is 10.8. The summed E-state index contributed by atoms with van der Waals surface area (Å²) in [5.74, 6) is -1.10. The Morgan fingerprint density at radius 3 is 2.25 bits per heavy atom. The van der Waals surface area contributed by atoms with Crippen molar-refractivity contribution in [1.82, 2.24) is 4.90 Å². The van der Waals surface area contributed by atoms with Gasteiger partial charge in [-0.05, 0) is 26.0 Å². The average Bonchev–Trinajstić information content (AvgIpc) is 2.32. The van der Waals surface area contributed by atoms with Crippen LogP contribution in [-0.2, 0) is 4.79 Å². The number of nitrogens with one attached hydrogen (secondary N) is 1. The van der Waals surface area contributed by atoms with E-state index in [1.165, 1.54) is 12.1 Å². The minimum absolute atomic E-state index is 0.215. The van der Waals surface area contributed by atoms with Crippen molar-refractivity contribution >= 4 is 52.5 Å². The van der Waals surface area contributed by atoms with Crippen molar-refractivity contribution in [2.75, 3.05) is 11.9 Å². The number of carboxylic acids is 1. The molecule has 0 aliphatic carbocycles. The number of aliphatic carboxylic acids is 1. The average molecular weight is 340 g/mol. The first-order valence-corrected chi connectivity index (χ1v) is 6.79. The number of hydrogen-bond donors (Lipinski definition) is 2. The molecule has 0 bridgehead atoms. The molecule has 8 heteroatoms. The Morgan fingerprint density at radius 2 is 1.75 bits per heavy atom. The van der Waals surface area contributed by atoms with Gasteiger partial charge >= 0.3 is 12.0 Å².